The largest absolute Gasteiger partial charge is 0.368 e. The van der Waals surface area contributed by atoms with Gasteiger partial charge in [-0.25, -0.2) is 0 Å². The third-order valence-electron chi connectivity index (χ3n) is 5.50. The van der Waals surface area contributed by atoms with Crippen LogP contribution in [0.1, 0.15) is 26.7 Å². The van der Waals surface area contributed by atoms with Gasteiger partial charge in [-0.15, -0.1) is 0 Å². The van der Waals surface area contributed by atoms with Gasteiger partial charge in [0.2, 0.25) is 5.95 Å². The summed E-state index contributed by atoms with van der Waals surface area (Å²) < 4.78 is 0. The number of nitrogens with one attached hydrogen (secondary N) is 2. The van der Waals surface area contributed by atoms with Crippen LogP contribution in [0.3, 0.4) is 0 Å². The van der Waals surface area contributed by atoms with Gasteiger partial charge >= 0.3 is 0 Å². The standard InChI is InChI=1S/C22H31N7S/c1-17(2)23-22(30)26-21-24-19(28-10-6-7-11-28)16-20(25-21)29-14-12-27(13-15-29)18-8-4-3-5-9-18/h3-5,8-9,16-17H,6-7,10-15H2,1-2H3,(H2,23,24,25,26,30). The van der Waals surface area contributed by atoms with E-state index in [0.29, 0.717) is 11.1 Å². The number of nitrogens with zero attached hydrogens (tertiary/aromatic N) is 5. The predicted molar refractivity (Wildman–Crippen MR) is 129 cm³/mol. The topological polar surface area (TPSA) is 59.6 Å². The van der Waals surface area contributed by atoms with Gasteiger partial charge in [0.25, 0.3) is 0 Å². The lowest BCUT2D eigenvalue weighted by molar-refractivity contribution is 0.647. The number of hydrogen-bond donors (Lipinski definition) is 2. The highest BCUT2D eigenvalue weighted by atomic mass is 32.1. The lowest BCUT2D eigenvalue weighted by Crippen LogP contribution is -2.47. The fraction of sp³-hybridized carbons (Fsp3) is 0.500. The fourth-order valence-electron chi connectivity index (χ4n) is 3.98. The predicted octanol–water partition coefficient (Wildman–Crippen LogP) is 3.10. The number of anilines is 4. The lowest BCUT2D eigenvalue weighted by atomic mass is 10.2. The average Bonchev–Trinajstić information content (AvgIpc) is 3.29. The van der Waals surface area contributed by atoms with Crippen LogP contribution in [0.25, 0.3) is 0 Å². The Balaban J connectivity index is 1.50. The van der Waals surface area contributed by atoms with E-state index in [1.165, 1.54) is 18.5 Å². The van der Waals surface area contributed by atoms with Gasteiger partial charge in [-0.2, -0.15) is 9.97 Å². The molecule has 4 rings (SSSR count). The van der Waals surface area contributed by atoms with Crippen molar-refractivity contribution in [2.75, 3.05) is 59.3 Å². The third-order valence-corrected chi connectivity index (χ3v) is 5.72. The van der Waals surface area contributed by atoms with Gasteiger partial charge in [0, 0.05) is 57.1 Å². The van der Waals surface area contributed by atoms with Gasteiger partial charge < -0.3 is 25.3 Å². The Morgan fingerprint density at radius 2 is 1.43 bits per heavy atom. The summed E-state index contributed by atoms with van der Waals surface area (Å²) in [4.78, 5) is 16.7. The lowest BCUT2D eigenvalue weighted by Gasteiger charge is -2.37. The second-order valence-corrected chi connectivity index (χ2v) is 8.57. The summed E-state index contributed by atoms with van der Waals surface area (Å²) in [6.45, 7) is 10.0. The van der Waals surface area contributed by atoms with E-state index in [4.69, 9.17) is 22.2 Å². The Morgan fingerprint density at radius 1 is 0.867 bits per heavy atom. The molecule has 1 aromatic heterocycles. The number of hydrogen-bond acceptors (Lipinski definition) is 6. The number of rotatable bonds is 5. The molecule has 0 atom stereocenters. The summed E-state index contributed by atoms with van der Waals surface area (Å²) >= 11 is 5.42. The highest BCUT2D eigenvalue weighted by molar-refractivity contribution is 7.80. The molecule has 2 fully saturated rings. The van der Waals surface area contributed by atoms with Crippen LogP contribution in [0.2, 0.25) is 0 Å². The molecular formula is C22H31N7S. The molecule has 0 bridgehead atoms. The van der Waals surface area contributed by atoms with Crippen molar-refractivity contribution in [3.8, 4) is 0 Å². The second kappa shape index (κ2) is 9.47. The molecule has 3 heterocycles. The smallest absolute Gasteiger partial charge is 0.232 e. The first-order chi connectivity index (χ1) is 14.6. The van der Waals surface area contributed by atoms with Crippen molar-refractivity contribution >= 4 is 40.6 Å². The first kappa shape index (κ1) is 20.7. The molecule has 2 aliphatic rings. The van der Waals surface area contributed by atoms with Crippen LogP contribution in [0.15, 0.2) is 36.4 Å². The molecule has 2 aliphatic heterocycles. The van der Waals surface area contributed by atoms with E-state index in [1.54, 1.807) is 0 Å². The van der Waals surface area contributed by atoms with E-state index in [0.717, 1.165) is 50.9 Å². The zero-order valence-corrected chi connectivity index (χ0v) is 18.7. The summed E-state index contributed by atoms with van der Waals surface area (Å²) in [7, 11) is 0. The Hall–Kier alpha value is -2.61. The van der Waals surface area contributed by atoms with Gasteiger partial charge in [-0.3, -0.25) is 0 Å². The van der Waals surface area contributed by atoms with Gasteiger partial charge in [-0.1, -0.05) is 18.2 Å². The maximum absolute atomic E-state index is 5.42. The number of para-hydroxylation sites is 1. The molecule has 1 aromatic carbocycles. The summed E-state index contributed by atoms with van der Waals surface area (Å²) in [5.74, 6) is 2.52. The van der Waals surface area contributed by atoms with Crippen molar-refractivity contribution in [2.45, 2.75) is 32.7 Å². The van der Waals surface area contributed by atoms with Crippen molar-refractivity contribution in [3.63, 3.8) is 0 Å². The van der Waals surface area contributed by atoms with E-state index in [9.17, 15) is 0 Å². The number of aromatic nitrogens is 2. The minimum absolute atomic E-state index is 0.261. The van der Waals surface area contributed by atoms with Gasteiger partial charge in [0.05, 0.1) is 0 Å². The van der Waals surface area contributed by atoms with Crippen LogP contribution in [-0.2, 0) is 0 Å². The minimum atomic E-state index is 0.261. The molecule has 7 nitrogen and oxygen atoms in total. The summed E-state index contributed by atoms with van der Waals surface area (Å²) in [6.07, 6.45) is 2.43. The molecule has 0 amide bonds. The van der Waals surface area contributed by atoms with Crippen molar-refractivity contribution in [1.82, 2.24) is 15.3 Å². The third kappa shape index (κ3) is 5.11. The van der Waals surface area contributed by atoms with Crippen LogP contribution < -0.4 is 25.3 Å². The van der Waals surface area contributed by atoms with Crippen molar-refractivity contribution in [3.05, 3.63) is 36.4 Å². The number of benzene rings is 1. The summed E-state index contributed by atoms with van der Waals surface area (Å²) in [5.41, 5.74) is 1.28. The highest BCUT2D eigenvalue weighted by Crippen LogP contribution is 2.26. The SMILES string of the molecule is CC(C)NC(=S)Nc1nc(N2CCCC2)cc(N2CCN(c3ccccc3)CC2)n1. The van der Waals surface area contributed by atoms with E-state index >= 15 is 0 Å². The van der Waals surface area contributed by atoms with Crippen LogP contribution in [0, 0.1) is 0 Å². The second-order valence-electron chi connectivity index (χ2n) is 8.16. The highest BCUT2D eigenvalue weighted by Gasteiger charge is 2.22. The Morgan fingerprint density at radius 3 is 2.03 bits per heavy atom. The molecule has 0 unspecified atom stereocenters. The maximum atomic E-state index is 5.42. The number of piperazine rings is 1. The normalized spacial score (nSPS) is 16.8. The zero-order valence-electron chi connectivity index (χ0n) is 17.8. The quantitative estimate of drug-likeness (QED) is 0.709. The monoisotopic (exact) mass is 425 g/mol. The Kier molecular flexibility index (Phi) is 6.52. The molecule has 0 radical (unpaired) electrons. The molecule has 0 spiro atoms. The van der Waals surface area contributed by atoms with E-state index in [1.807, 2.05) is 0 Å². The molecule has 2 aromatic rings. The van der Waals surface area contributed by atoms with E-state index < -0.39 is 0 Å². The van der Waals surface area contributed by atoms with Crippen molar-refractivity contribution in [2.24, 2.45) is 0 Å². The minimum Gasteiger partial charge on any atom is -0.368 e. The van der Waals surface area contributed by atoms with Crippen LogP contribution in [0.4, 0.5) is 23.3 Å². The molecule has 2 saturated heterocycles. The summed E-state index contributed by atoms with van der Waals surface area (Å²) in [5, 5.41) is 6.95. The van der Waals surface area contributed by atoms with E-state index in [2.05, 4.69) is 75.6 Å². The first-order valence-electron chi connectivity index (χ1n) is 10.8. The number of thiocarbonyl (C=S) groups is 1. The van der Waals surface area contributed by atoms with Crippen molar-refractivity contribution < 1.29 is 0 Å². The molecular weight excluding hydrogens is 394 g/mol. The molecule has 0 aliphatic carbocycles. The first-order valence-corrected chi connectivity index (χ1v) is 11.3. The summed E-state index contributed by atoms with van der Waals surface area (Å²) in [6, 6.07) is 13.0. The Bertz CT molecular complexity index is 844. The zero-order chi connectivity index (χ0) is 20.9. The van der Waals surface area contributed by atoms with Crippen LogP contribution in [0.5, 0.6) is 0 Å². The van der Waals surface area contributed by atoms with Crippen LogP contribution in [-0.4, -0.2) is 60.4 Å². The molecule has 30 heavy (non-hydrogen) atoms. The van der Waals surface area contributed by atoms with Gasteiger partial charge in [-0.05, 0) is 51.0 Å². The van der Waals surface area contributed by atoms with E-state index in [-0.39, 0.29) is 6.04 Å². The molecule has 160 valence electrons. The molecule has 0 saturated carbocycles. The molecule has 8 heteroatoms. The van der Waals surface area contributed by atoms with Gasteiger partial charge in [0.1, 0.15) is 11.6 Å². The molecule has 2 N–H and O–H groups in total. The maximum Gasteiger partial charge on any atom is 0.232 e. The Labute approximate surface area is 184 Å². The van der Waals surface area contributed by atoms with Crippen molar-refractivity contribution in [1.29, 1.82) is 0 Å². The average molecular weight is 426 g/mol. The fourth-order valence-corrected chi connectivity index (χ4v) is 4.31. The van der Waals surface area contributed by atoms with Gasteiger partial charge in [0.15, 0.2) is 5.11 Å². The van der Waals surface area contributed by atoms with Crippen LogP contribution >= 0.6 is 12.2 Å².